The number of aromatic carboxylic acids is 1. The lowest BCUT2D eigenvalue weighted by Crippen LogP contribution is -2.26. The van der Waals surface area contributed by atoms with E-state index in [1.165, 1.54) is 5.10 Å². The van der Waals surface area contributed by atoms with Gasteiger partial charge < -0.3 is 5.11 Å². The van der Waals surface area contributed by atoms with Crippen molar-refractivity contribution in [1.82, 2.24) is 10.2 Å². The van der Waals surface area contributed by atoms with Crippen LogP contribution in [0.2, 0.25) is 0 Å². The Morgan fingerprint density at radius 1 is 1.56 bits per heavy atom. The lowest BCUT2D eigenvalue weighted by atomic mass is 10.1. The van der Waals surface area contributed by atoms with Gasteiger partial charge in [0, 0.05) is 0 Å². The number of rotatable bonds is 4. The van der Waals surface area contributed by atoms with Crippen LogP contribution in [0.5, 0.6) is 0 Å². The van der Waals surface area contributed by atoms with Crippen LogP contribution in [0, 0.1) is 5.82 Å². The first kappa shape index (κ1) is 12.4. The second-order valence-corrected chi connectivity index (χ2v) is 2.86. The second kappa shape index (κ2) is 4.06. The largest absolute Gasteiger partial charge is 0.476 e. The molecule has 1 aromatic rings. The lowest BCUT2D eigenvalue weighted by molar-refractivity contribution is -0.0921. The molecule has 0 bridgehead atoms. The number of alkyl halides is 4. The van der Waals surface area contributed by atoms with E-state index < -0.39 is 41.9 Å². The van der Waals surface area contributed by atoms with E-state index in [1.54, 1.807) is 0 Å². The molecular weight excluding hydrogens is 239 g/mol. The van der Waals surface area contributed by atoms with E-state index in [1.807, 2.05) is 0 Å². The number of hydrogen-bond acceptors (Lipinski definition) is 2. The van der Waals surface area contributed by atoms with Gasteiger partial charge in [0.15, 0.2) is 12.5 Å². The molecule has 0 aliphatic rings. The van der Waals surface area contributed by atoms with Gasteiger partial charge in [0.05, 0.1) is 0 Å². The van der Waals surface area contributed by atoms with Crippen LogP contribution in [-0.2, 0) is 0 Å². The Kier molecular flexibility index (Phi) is 3.15. The molecule has 0 amide bonds. The normalized spacial score (nSPS) is 13.8. The molecule has 9 heteroatoms. The number of H-pyrrole nitrogens is 1. The Labute approximate surface area is 85.1 Å². The molecule has 1 rings (SSSR count). The summed E-state index contributed by atoms with van der Waals surface area (Å²) < 4.78 is 62.7. The minimum atomic E-state index is -4.44. The Hall–Kier alpha value is -1.67. The van der Waals surface area contributed by atoms with Crippen LogP contribution in [0.25, 0.3) is 0 Å². The number of aromatic amines is 1. The van der Waals surface area contributed by atoms with Crippen LogP contribution in [0.15, 0.2) is 0 Å². The summed E-state index contributed by atoms with van der Waals surface area (Å²) in [6.45, 7) is -2.34. The zero-order valence-electron chi connectivity index (χ0n) is 7.48. The molecule has 0 spiro atoms. The average molecular weight is 244 g/mol. The summed E-state index contributed by atoms with van der Waals surface area (Å²) in [6, 6.07) is 0. The van der Waals surface area contributed by atoms with E-state index in [0.29, 0.717) is 0 Å². The summed E-state index contributed by atoms with van der Waals surface area (Å²) in [7, 11) is 0. The molecule has 1 aromatic heterocycles. The maximum Gasteiger partial charge on any atom is 0.359 e. The minimum absolute atomic E-state index is 1.23. The fourth-order valence-electron chi connectivity index (χ4n) is 0.930. The zero-order chi connectivity index (χ0) is 12.5. The predicted octanol–water partition coefficient (Wildman–Crippen LogP) is 1.86. The summed E-state index contributed by atoms with van der Waals surface area (Å²) >= 11 is 0. The van der Waals surface area contributed by atoms with Crippen molar-refractivity contribution in [3.05, 3.63) is 17.2 Å². The van der Waals surface area contributed by atoms with Crippen LogP contribution < -0.4 is 0 Å². The molecule has 0 radical (unpaired) electrons. The molecule has 0 aromatic carbocycles. The van der Waals surface area contributed by atoms with Gasteiger partial charge >= 0.3 is 11.9 Å². The fourth-order valence-corrected chi connectivity index (χ4v) is 0.930. The van der Waals surface area contributed by atoms with Crippen molar-refractivity contribution < 1.29 is 31.9 Å². The molecular formula is C7H5F5N2O2. The van der Waals surface area contributed by atoms with Gasteiger partial charge in [0.25, 0.3) is 0 Å². The highest BCUT2D eigenvalue weighted by Crippen LogP contribution is 2.35. The number of hydrogen-bond donors (Lipinski definition) is 2. The molecule has 1 heterocycles. The van der Waals surface area contributed by atoms with Crippen LogP contribution >= 0.6 is 0 Å². The van der Waals surface area contributed by atoms with Crippen molar-refractivity contribution >= 4 is 5.97 Å². The third-order valence-electron chi connectivity index (χ3n) is 1.74. The smallest absolute Gasteiger partial charge is 0.359 e. The minimum Gasteiger partial charge on any atom is -0.476 e. The topological polar surface area (TPSA) is 66.0 Å². The van der Waals surface area contributed by atoms with Crippen LogP contribution in [0.4, 0.5) is 22.0 Å². The molecule has 0 saturated carbocycles. The highest BCUT2D eigenvalue weighted by molar-refractivity contribution is 5.85. The summed E-state index contributed by atoms with van der Waals surface area (Å²) in [6.07, 6.45) is -3.32. The van der Waals surface area contributed by atoms with Crippen molar-refractivity contribution in [2.24, 2.45) is 0 Å². The maximum atomic E-state index is 13.0. The van der Waals surface area contributed by atoms with Gasteiger partial charge in [0.1, 0.15) is 5.69 Å². The molecule has 0 fully saturated rings. The number of nitrogens with zero attached hydrogens (tertiary/aromatic N) is 1. The molecule has 1 unspecified atom stereocenters. The summed E-state index contributed by atoms with van der Waals surface area (Å²) in [5.41, 5.74) is -2.62. The van der Waals surface area contributed by atoms with Gasteiger partial charge in [-0.25, -0.2) is 18.0 Å². The monoisotopic (exact) mass is 244 g/mol. The van der Waals surface area contributed by atoms with E-state index in [2.05, 4.69) is 5.10 Å². The SMILES string of the molecule is O=C(O)c1n[nH]c(C(F)C(F)(F)CF)c1F. The molecule has 90 valence electrons. The van der Waals surface area contributed by atoms with E-state index >= 15 is 0 Å². The van der Waals surface area contributed by atoms with Crippen LogP contribution in [0.3, 0.4) is 0 Å². The highest BCUT2D eigenvalue weighted by Gasteiger charge is 2.44. The van der Waals surface area contributed by atoms with E-state index in [9.17, 15) is 26.7 Å². The van der Waals surface area contributed by atoms with Crippen LogP contribution in [0.1, 0.15) is 22.4 Å². The average Bonchev–Trinajstić information content (AvgIpc) is 2.59. The Morgan fingerprint density at radius 2 is 2.12 bits per heavy atom. The van der Waals surface area contributed by atoms with Gasteiger partial charge in [-0.1, -0.05) is 0 Å². The highest BCUT2D eigenvalue weighted by atomic mass is 19.3. The first-order valence-electron chi connectivity index (χ1n) is 3.86. The number of carboxylic acid groups (broad SMARTS) is 1. The van der Waals surface area contributed by atoms with Crippen LogP contribution in [-0.4, -0.2) is 33.9 Å². The molecule has 0 aliphatic heterocycles. The van der Waals surface area contributed by atoms with E-state index in [-0.39, 0.29) is 0 Å². The fraction of sp³-hybridized carbons (Fsp3) is 0.429. The Bertz CT molecular complexity index is 405. The Balaban J connectivity index is 3.11. The van der Waals surface area contributed by atoms with Crippen molar-refractivity contribution in [3.8, 4) is 0 Å². The first-order chi connectivity index (χ1) is 7.31. The summed E-state index contributed by atoms with van der Waals surface area (Å²) in [4.78, 5) is 10.3. The second-order valence-electron chi connectivity index (χ2n) is 2.86. The van der Waals surface area contributed by atoms with E-state index in [4.69, 9.17) is 5.11 Å². The molecule has 4 nitrogen and oxygen atoms in total. The molecule has 1 atom stereocenters. The zero-order valence-corrected chi connectivity index (χ0v) is 7.48. The number of carboxylic acids is 1. The lowest BCUT2D eigenvalue weighted by Gasteiger charge is -2.15. The van der Waals surface area contributed by atoms with Gasteiger partial charge in [-0.05, 0) is 0 Å². The summed E-state index contributed by atoms with van der Waals surface area (Å²) in [5, 5.41) is 12.6. The van der Waals surface area contributed by atoms with Crippen molar-refractivity contribution in [2.75, 3.05) is 6.67 Å². The first-order valence-corrected chi connectivity index (χ1v) is 3.86. The van der Waals surface area contributed by atoms with Crippen molar-refractivity contribution in [3.63, 3.8) is 0 Å². The number of nitrogens with one attached hydrogen (secondary N) is 1. The number of aromatic nitrogens is 2. The van der Waals surface area contributed by atoms with Gasteiger partial charge in [-0.15, -0.1) is 0 Å². The Morgan fingerprint density at radius 3 is 2.50 bits per heavy atom. The molecule has 16 heavy (non-hydrogen) atoms. The van der Waals surface area contributed by atoms with Gasteiger partial charge in [0.2, 0.25) is 11.9 Å². The van der Waals surface area contributed by atoms with Gasteiger partial charge in [-0.3, -0.25) is 5.10 Å². The molecule has 0 saturated heterocycles. The van der Waals surface area contributed by atoms with E-state index in [0.717, 1.165) is 0 Å². The third-order valence-corrected chi connectivity index (χ3v) is 1.74. The van der Waals surface area contributed by atoms with Crippen molar-refractivity contribution in [2.45, 2.75) is 12.1 Å². The molecule has 2 N–H and O–H groups in total. The third kappa shape index (κ3) is 1.97. The number of halogens is 5. The number of carbonyl (C=O) groups is 1. The summed E-state index contributed by atoms with van der Waals surface area (Å²) in [5.74, 6) is -8.06. The predicted molar refractivity (Wildman–Crippen MR) is 40.3 cm³/mol. The van der Waals surface area contributed by atoms with Gasteiger partial charge in [-0.2, -0.15) is 13.9 Å². The van der Waals surface area contributed by atoms with Crippen molar-refractivity contribution in [1.29, 1.82) is 0 Å². The standard InChI is InChI=1S/C7H5F5N2O2/c8-1-7(11,12)5(10)3-2(9)4(6(15)16)14-13-3/h5H,1H2,(H,13,14)(H,15,16). The molecule has 0 aliphatic carbocycles. The quantitative estimate of drug-likeness (QED) is 0.794. The maximum absolute atomic E-state index is 13.0.